The molecule has 0 unspecified atom stereocenters. The number of rotatable bonds is 6. The van der Waals surface area contributed by atoms with E-state index < -0.39 is 0 Å². The number of methoxy groups -OCH3 is 3. The first-order valence-corrected chi connectivity index (χ1v) is 7.66. The van der Waals surface area contributed by atoms with Gasteiger partial charge in [0, 0.05) is 0 Å². The van der Waals surface area contributed by atoms with Crippen LogP contribution in [0.5, 0.6) is 17.2 Å². The summed E-state index contributed by atoms with van der Waals surface area (Å²) < 4.78 is 21.4. The second-order valence-electron chi connectivity index (χ2n) is 5.30. The summed E-state index contributed by atoms with van der Waals surface area (Å²) in [6.07, 6.45) is 4.77. The first-order chi connectivity index (χ1) is 12.2. The number of carbonyl (C=O) groups is 1. The van der Waals surface area contributed by atoms with Crippen LogP contribution in [0.3, 0.4) is 0 Å². The molecule has 25 heavy (non-hydrogen) atoms. The van der Waals surface area contributed by atoms with Crippen molar-refractivity contribution in [3.8, 4) is 17.2 Å². The molecule has 128 valence electrons. The van der Waals surface area contributed by atoms with Crippen molar-refractivity contribution >= 4 is 22.8 Å². The molecule has 2 aromatic carbocycles. The molecule has 0 N–H and O–H groups in total. The van der Waals surface area contributed by atoms with Crippen LogP contribution < -0.4 is 14.2 Å². The third-order valence-corrected chi connectivity index (χ3v) is 3.86. The van der Waals surface area contributed by atoms with Gasteiger partial charge in [0.1, 0.15) is 11.5 Å². The van der Waals surface area contributed by atoms with Crippen LogP contribution in [0.4, 0.5) is 0 Å². The van der Waals surface area contributed by atoms with Crippen LogP contribution in [0, 0.1) is 0 Å². The fourth-order valence-corrected chi connectivity index (χ4v) is 2.65. The molecule has 0 bridgehead atoms. The van der Waals surface area contributed by atoms with Gasteiger partial charge in [0.05, 0.1) is 38.5 Å². The molecule has 3 rings (SSSR count). The zero-order valence-corrected chi connectivity index (χ0v) is 14.2. The number of carbonyl (C=O) groups excluding carboxylic acids is 1. The summed E-state index contributed by atoms with van der Waals surface area (Å²) in [6, 6.07) is 10.8. The lowest BCUT2D eigenvalue weighted by Gasteiger charge is -2.10. The van der Waals surface area contributed by atoms with E-state index in [1.165, 1.54) is 26.6 Å². The monoisotopic (exact) mass is 338 g/mol. The first-order valence-electron chi connectivity index (χ1n) is 7.66. The van der Waals surface area contributed by atoms with Gasteiger partial charge in [-0.05, 0) is 35.9 Å². The highest BCUT2D eigenvalue weighted by Crippen LogP contribution is 2.37. The van der Waals surface area contributed by atoms with E-state index in [9.17, 15) is 4.79 Å². The van der Waals surface area contributed by atoms with Gasteiger partial charge in [-0.1, -0.05) is 18.2 Å². The minimum absolute atomic E-state index is 0.193. The molecule has 0 radical (unpaired) electrons. The van der Waals surface area contributed by atoms with Crippen LogP contribution in [0.1, 0.15) is 15.9 Å². The van der Waals surface area contributed by atoms with Gasteiger partial charge in [0.15, 0.2) is 17.1 Å². The molecule has 0 atom stereocenters. The van der Waals surface area contributed by atoms with Gasteiger partial charge < -0.3 is 18.6 Å². The maximum absolute atomic E-state index is 12.7. The van der Waals surface area contributed by atoms with E-state index in [1.807, 2.05) is 24.3 Å². The number of allylic oxidation sites excluding steroid dienone is 1. The van der Waals surface area contributed by atoms with Crippen LogP contribution in [0.25, 0.3) is 17.0 Å². The zero-order chi connectivity index (χ0) is 17.8. The van der Waals surface area contributed by atoms with E-state index in [0.29, 0.717) is 28.0 Å². The quantitative estimate of drug-likeness (QED) is 0.494. The number of hydrogen-bond acceptors (Lipinski definition) is 5. The molecule has 0 aliphatic rings. The maximum atomic E-state index is 12.7. The average Bonchev–Trinajstić information content (AvgIpc) is 3.14. The van der Waals surface area contributed by atoms with E-state index in [1.54, 1.807) is 25.3 Å². The molecular formula is C20H18O5. The minimum Gasteiger partial charge on any atom is -0.497 e. The van der Waals surface area contributed by atoms with Crippen LogP contribution in [-0.2, 0) is 0 Å². The van der Waals surface area contributed by atoms with E-state index in [2.05, 4.69) is 0 Å². The normalized spacial score (nSPS) is 11.0. The van der Waals surface area contributed by atoms with Gasteiger partial charge in [-0.3, -0.25) is 4.79 Å². The number of furan rings is 1. The highest BCUT2D eigenvalue weighted by Gasteiger charge is 2.19. The van der Waals surface area contributed by atoms with Gasteiger partial charge in [-0.15, -0.1) is 0 Å². The molecule has 5 nitrogen and oxygen atoms in total. The molecule has 0 amide bonds. The fourth-order valence-electron chi connectivity index (χ4n) is 2.65. The van der Waals surface area contributed by atoms with Crippen LogP contribution in [0.15, 0.2) is 53.2 Å². The lowest BCUT2D eigenvalue weighted by atomic mass is 10.0. The van der Waals surface area contributed by atoms with Crippen molar-refractivity contribution in [3.63, 3.8) is 0 Å². The summed E-state index contributed by atoms with van der Waals surface area (Å²) in [4.78, 5) is 12.7. The largest absolute Gasteiger partial charge is 0.497 e. The van der Waals surface area contributed by atoms with E-state index in [0.717, 1.165) is 11.3 Å². The van der Waals surface area contributed by atoms with Crippen molar-refractivity contribution in [1.82, 2.24) is 0 Å². The van der Waals surface area contributed by atoms with Crippen molar-refractivity contribution in [2.24, 2.45) is 0 Å². The van der Waals surface area contributed by atoms with Gasteiger partial charge >= 0.3 is 0 Å². The molecule has 0 saturated carbocycles. The summed E-state index contributed by atoms with van der Waals surface area (Å²) in [6.45, 7) is 0. The zero-order valence-electron chi connectivity index (χ0n) is 14.2. The van der Waals surface area contributed by atoms with Gasteiger partial charge in [0.2, 0.25) is 0 Å². The molecule has 0 fully saturated rings. The molecule has 1 heterocycles. The number of hydrogen-bond donors (Lipinski definition) is 0. The smallest absolute Gasteiger partial charge is 0.189 e. The molecule has 0 spiro atoms. The molecule has 3 aromatic rings. The predicted octanol–water partition coefficient (Wildman–Crippen LogP) is 4.35. The van der Waals surface area contributed by atoms with Gasteiger partial charge in [-0.25, -0.2) is 0 Å². The summed E-state index contributed by atoms with van der Waals surface area (Å²) in [5, 5.41) is 0.694. The Morgan fingerprint density at radius 3 is 2.60 bits per heavy atom. The third-order valence-electron chi connectivity index (χ3n) is 3.86. The Morgan fingerprint density at radius 2 is 1.88 bits per heavy atom. The molecule has 0 saturated heterocycles. The number of ether oxygens (including phenoxy) is 3. The second kappa shape index (κ2) is 7.13. The highest BCUT2D eigenvalue weighted by atomic mass is 16.5. The Kier molecular flexibility index (Phi) is 4.75. The molecular weight excluding hydrogens is 320 g/mol. The van der Waals surface area contributed by atoms with Crippen molar-refractivity contribution < 1.29 is 23.4 Å². The van der Waals surface area contributed by atoms with Crippen LogP contribution in [0.2, 0.25) is 0 Å². The third kappa shape index (κ3) is 3.21. The van der Waals surface area contributed by atoms with Crippen LogP contribution >= 0.6 is 0 Å². The lowest BCUT2D eigenvalue weighted by molar-refractivity contribution is 0.104. The van der Waals surface area contributed by atoms with E-state index >= 15 is 0 Å². The van der Waals surface area contributed by atoms with Crippen molar-refractivity contribution in [3.05, 3.63) is 59.9 Å². The Morgan fingerprint density at radius 1 is 1.04 bits per heavy atom. The van der Waals surface area contributed by atoms with Crippen molar-refractivity contribution in [2.45, 2.75) is 0 Å². The van der Waals surface area contributed by atoms with Crippen molar-refractivity contribution in [1.29, 1.82) is 0 Å². The molecule has 5 heteroatoms. The number of fused-ring (bicyclic) bond motifs is 1. The van der Waals surface area contributed by atoms with E-state index in [4.69, 9.17) is 18.6 Å². The minimum atomic E-state index is -0.193. The predicted molar refractivity (Wildman–Crippen MR) is 95.7 cm³/mol. The summed E-state index contributed by atoms with van der Waals surface area (Å²) in [5.74, 6) is 1.48. The lowest BCUT2D eigenvalue weighted by Crippen LogP contribution is -2.00. The Bertz CT molecular complexity index is 936. The van der Waals surface area contributed by atoms with Crippen LogP contribution in [-0.4, -0.2) is 27.1 Å². The van der Waals surface area contributed by atoms with Gasteiger partial charge in [-0.2, -0.15) is 0 Å². The summed E-state index contributed by atoms with van der Waals surface area (Å²) in [5.41, 5.74) is 1.82. The Hall–Kier alpha value is -3.21. The highest BCUT2D eigenvalue weighted by molar-refractivity contribution is 6.12. The standard InChI is InChI=1S/C20H18O5/c1-22-14-6-4-5-13(11-14)7-8-17(21)16-12-18(23-2)20-15(9-10-25-20)19(16)24-3/h4-12H,1-3H3/b8-7+. The average molecular weight is 338 g/mol. The fraction of sp³-hybridized carbons (Fsp3) is 0.150. The topological polar surface area (TPSA) is 57.9 Å². The number of benzene rings is 2. The molecule has 0 aliphatic heterocycles. The summed E-state index contributed by atoms with van der Waals surface area (Å²) in [7, 11) is 4.66. The molecule has 1 aromatic heterocycles. The maximum Gasteiger partial charge on any atom is 0.189 e. The number of ketones is 1. The SMILES string of the molecule is COc1cccc(/C=C/C(=O)c2cc(OC)c3occc3c2OC)c1. The van der Waals surface area contributed by atoms with Crippen molar-refractivity contribution in [2.75, 3.05) is 21.3 Å². The first kappa shape index (κ1) is 16.6. The Balaban J connectivity index is 2.00. The summed E-state index contributed by atoms with van der Waals surface area (Å²) >= 11 is 0. The Labute approximate surface area is 145 Å². The second-order valence-corrected chi connectivity index (χ2v) is 5.30. The van der Waals surface area contributed by atoms with Gasteiger partial charge in [0.25, 0.3) is 0 Å². The molecule has 0 aliphatic carbocycles. The van der Waals surface area contributed by atoms with E-state index in [-0.39, 0.29) is 5.78 Å².